The highest BCUT2D eigenvalue weighted by Gasteiger charge is 2.11. The summed E-state index contributed by atoms with van der Waals surface area (Å²) in [4.78, 5) is 28.3. The maximum absolute atomic E-state index is 12.0. The van der Waals surface area contributed by atoms with Crippen molar-refractivity contribution in [2.45, 2.75) is 13.2 Å². The normalized spacial score (nSPS) is 10.3. The first-order chi connectivity index (χ1) is 14.5. The SMILES string of the molecule is COc1ccc(C(=O)NCC(=O)OCc2csc(COc3ccc(Cl)cc3)n2)cc1. The van der Waals surface area contributed by atoms with E-state index in [-0.39, 0.29) is 19.1 Å². The number of nitrogens with one attached hydrogen (secondary N) is 1. The molecule has 1 heterocycles. The Labute approximate surface area is 182 Å². The maximum Gasteiger partial charge on any atom is 0.325 e. The topological polar surface area (TPSA) is 86.8 Å². The third-order valence-corrected chi connectivity index (χ3v) is 5.02. The zero-order chi connectivity index (χ0) is 21.3. The van der Waals surface area contributed by atoms with Crippen LogP contribution in [0, 0.1) is 0 Å². The van der Waals surface area contributed by atoms with E-state index in [4.69, 9.17) is 25.8 Å². The van der Waals surface area contributed by atoms with Crippen molar-refractivity contribution in [2.75, 3.05) is 13.7 Å². The van der Waals surface area contributed by atoms with E-state index in [0.717, 1.165) is 5.01 Å². The Kier molecular flexibility index (Phi) is 7.64. The van der Waals surface area contributed by atoms with Crippen LogP contribution in [0.1, 0.15) is 21.1 Å². The minimum absolute atomic E-state index is 0.0225. The zero-order valence-corrected chi connectivity index (χ0v) is 17.7. The van der Waals surface area contributed by atoms with Gasteiger partial charge in [-0.15, -0.1) is 11.3 Å². The fourth-order valence-electron chi connectivity index (χ4n) is 2.36. The monoisotopic (exact) mass is 446 g/mol. The first-order valence-electron chi connectivity index (χ1n) is 8.93. The van der Waals surface area contributed by atoms with E-state index in [1.807, 2.05) is 0 Å². The molecule has 0 radical (unpaired) electrons. The highest BCUT2D eigenvalue weighted by Crippen LogP contribution is 2.18. The number of nitrogens with zero attached hydrogens (tertiary/aromatic N) is 1. The molecule has 0 atom stereocenters. The summed E-state index contributed by atoms with van der Waals surface area (Å²) in [5.74, 6) is 0.413. The Morgan fingerprint density at radius 2 is 1.73 bits per heavy atom. The molecule has 0 saturated heterocycles. The van der Waals surface area contributed by atoms with Crippen LogP contribution in [0.15, 0.2) is 53.9 Å². The molecule has 0 bridgehead atoms. The number of methoxy groups -OCH3 is 1. The van der Waals surface area contributed by atoms with Crippen molar-refractivity contribution < 1.29 is 23.8 Å². The molecular weight excluding hydrogens is 428 g/mol. The number of esters is 1. The predicted molar refractivity (Wildman–Crippen MR) is 113 cm³/mol. The largest absolute Gasteiger partial charge is 0.497 e. The van der Waals surface area contributed by atoms with E-state index in [1.54, 1.807) is 61.0 Å². The van der Waals surface area contributed by atoms with Gasteiger partial charge in [0.1, 0.15) is 36.3 Å². The summed E-state index contributed by atoms with van der Waals surface area (Å²) < 4.78 is 15.8. The van der Waals surface area contributed by atoms with Gasteiger partial charge in [-0.05, 0) is 48.5 Å². The number of carbonyl (C=O) groups is 2. The van der Waals surface area contributed by atoms with Gasteiger partial charge >= 0.3 is 5.97 Å². The number of halogens is 1. The van der Waals surface area contributed by atoms with E-state index in [2.05, 4.69) is 10.3 Å². The fourth-order valence-corrected chi connectivity index (χ4v) is 3.18. The van der Waals surface area contributed by atoms with Crippen molar-refractivity contribution >= 4 is 34.8 Å². The number of carbonyl (C=O) groups excluding carboxylic acids is 2. The quantitative estimate of drug-likeness (QED) is 0.502. The van der Waals surface area contributed by atoms with Crippen molar-refractivity contribution in [2.24, 2.45) is 0 Å². The van der Waals surface area contributed by atoms with Gasteiger partial charge in [-0.25, -0.2) is 4.98 Å². The molecule has 9 heteroatoms. The molecule has 0 aliphatic rings. The van der Waals surface area contributed by atoms with Gasteiger partial charge < -0.3 is 19.5 Å². The van der Waals surface area contributed by atoms with Gasteiger partial charge in [0.25, 0.3) is 5.91 Å². The number of thiazole rings is 1. The average Bonchev–Trinajstić information content (AvgIpc) is 3.23. The van der Waals surface area contributed by atoms with Gasteiger partial charge in [-0.2, -0.15) is 0 Å². The Morgan fingerprint density at radius 3 is 2.43 bits per heavy atom. The average molecular weight is 447 g/mol. The molecule has 0 unspecified atom stereocenters. The number of benzene rings is 2. The maximum atomic E-state index is 12.0. The summed E-state index contributed by atoms with van der Waals surface area (Å²) in [5, 5.41) is 5.71. The number of aromatic nitrogens is 1. The zero-order valence-electron chi connectivity index (χ0n) is 16.1. The summed E-state index contributed by atoms with van der Waals surface area (Å²) in [6, 6.07) is 13.6. The standard InChI is InChI=1S/C21H19ClN2O5S/c1-27-17-6-2-14(3-7-17)21(26)23-10-20(25)29-11-16-13-30-19(24-16)12-28-18-8-4-15(22)5-9-18/h2-9,13H,10-12H2,1H3,(H,23,26). The third-order valence-electron chi connectivity index (χ3n) is 3.90. The lowest BCUT2D eigenvalue weighted by Crippen LogP contribution is -2.30. The van der Waals surface area contributed by atoms with Gasteiger partial charge in [0.05, 0.1) is 12.8 Å². The van der Waals surface area contributed by atoms with Gasteiger partial charge in [-0.3, -0.25) is 9.59 Å². The summed E-state index contributed by atoms with van der Waals surface area (Å²) in [6.45, 7) is 0.0917. The number of rotatable bonds is 9. The minimum Gasteiger partial charge on any atom is -0.497 e. The second-order valence-electron chi connectivity index (χ2n) is 6.05. The number of hydrogen-bond donors (Lipinski definition) is 1. The highest BCUT2D eigenvalue weighted by molar-refractivity contribution is 7.09. The Hall–Kier alpha value is -3.10. The molecule has 2 aromatic carbocycles. The van der Waals surface area contributed by atoms with E-state index < -0.39 is 5.97 Å². The summed E-state index contributed by atoms with van der Waals surface area (Å²) >= 11 is 7.25. The minimum atomic E-state index is -0.552. The summed E-state index contributed by atoms with van der Waals surface area (Å²) in [5.41, 5.74) is 1.04. The Balaban J connectivity index is 1.39. The van der Waals surface area contributed by atoms with Gasteiger partial charge in [0.15, 0.2) is 0 Å². The smallest absolute Gasteiger partial charge is 0.325 e. The van der Waals surface area contributed by atoms with Crippen LogP contribution in [0.4, 0.5) is 0 Å². The molecule has 0 aliphatic carbocycles. The van der Waals surface area contributed by atoms with Crippen LogP contribution in [0.25, 0.3) is 0 Å². The molecule has 1 amide bonds. The van der Waals surface area contributed by atoms with Gasteiger partial charge in [0, 0.05) is 16.0 Å². The second kappa shape index (κ2) is 10.6. The molecule has 1 N–H and O–H groups in total. The molecular formula is C21H19ClN2O5S. The lowest BCUT2D eigenvalue weighted by Gasteiger charge is -2.06. The second-order valence-corrected chi connectivity index (χ2v) is 7.43. The fraction of sp³-hybridized carbons (Fsp3) is 0.190. The predicted octanol–water partition coefficient (Wildman–Crippen LogP) is 3.86. The van der Waals surface area contributed by atoms with E-state index in [0.29, 0.717) is 34.4 Å². The van der Waals surface area contributed by atoms with Crippen LogP contribution in [0.3, 0.4) is 0 Å². The van der Waals surface area contributed by atoms with Crippen LogP contribution in [-0.4, -0.2) is 30.5 Å². The first-order valence-corrected chi connectivity index (χ1v) is 10.2. The van der Waals surface area contributed by atoms with Gasteiger partial charge in [-0.1, -0.05) is 11.6 Å². The molecule has 3 rings (SSSR count). The molecule has 3 aromatic rings. The third kappa shape index (κ3) is 6.47. The molecule has 0 aliphatic heterocycles. The van der Waals surface area contributed by atoms with Crippen molar-refractivity contribution in [3.05, 3.63) is 75.2 Å². The molecule has 30 heavy (non-hydrogen) atoms. The number of ether oxygens (including phenoxy) is 3. The van der Waals surface area contributed by atoms with Crippen LogP contribution in [0.5, 0.6) is 11.5 Å². The Morgan fingerprint density at radius 1 is 1.03 bits per heavy atom. The first kappa shape index (κ1) is 21.6. The number of hydrogen-bond acceptors (Lipinski definition) is 7. The van der Waals surface area contributed by atoms with Crippen LogP contribution >= 0.6 is 22.9 Å². The number of amides is 1. The van der Waals surface area contributed by atoms with Crippen molar-refractivity contribution in [3.8, 4) is 11.5 Å². The Bertz CT molecular complexity index is 989. The molecule has 7 nitrogen and oxygen atoms in total. The van der Waals surface area contributed by atoms with Crippen molar-refractivity contribution in [1.29, 1.82) is 0 Å². The van der Waals surface area contributed by atoms with Crippen LogP contribution in [0.2, 0.25) is 5.02 Å². The highest BCUT2D eigenvalue weighted by atomic mass is 35.5. The lowest BCUT2D eigenvalue weighted by atomic mass is 10.2. The molecule has 0 fully saturated rings. The lowest BCUT2D eigenvalue weighted by molar-refractivity contribution is -0.143. The summed E-state index contributed by atoms with van der Waals surface area (Å²) in [7, 11) is 1.54. The molecule has 156 valence electrons. The molecule has 0 saturated carbocycles. The van der Waals surface area contributed by atoms with Crippen molar-refractivity contribution in [3.63, 3.8) is 0 Å². The molecule has 0 spiro atoms. The van der Waals surface area contributed by atoms with E-state index in [1.165, 1.54) is 11.3 Å². The van der Waals surface area contributed by atoms with Crippen molar-refractivity contribution in [1.82, 2.24) is 10.3 Å². The van der Waals surface area contributed by atoms with E-state index >= 15 is 0 Å². The summed E-state index contributed by atoms with van der Waals surface area (Å²) in [6.07, 6.45) is 0. The van der Waals surface area contributed by atoms with Crippen LogP contribution in [-0.2, 0) is 22.7 Å². The van der Waals surface area contributed by atoms with Gasteiger partial charge in [0.2, 0.25) is 0 Å². The molecule has 1 aromatic heterocycles. The van der Waals surface area contributed by atoms with Crippen LogP contribution < -0.4 is 14.8 Å². The van der Waals surface area contributed by atoms with E-state index in [9.17, 15) is 9.59 Å².